The summed E-state index contributed by atoms with van der Waals surface area (Å²) >= 11 is 5.89. The Morgan fingerprint density at radius 3 is 2.73 bits per heavy atom. The van der Waals surface area contributed by atoms with Gasteiger partial charge in [-0.15, -0.1) is 0 Å². The SMILES string of the molecule is Cn1c(CCC(=O)OCc2cc(-c3ccc(Cl)cc3)no2)nc2ccccc2c1=O. The zero-order valence-electron chi connectivity index (χ0n) is 16.2. The van der Waals surface area contributed by atoms with Crippen LogP contribution in [0.15, 0.2) is 63.9 Å². The lowest BCUT2D eigenvalue weighted by Gasteiger charge is -2.09. The highest BCUT2D eigenvalue weighted by Gasteiger charge is 2.13. The lowest BCUT2D eigenvalue weighted by atomic mass is 10.1. The van der Waals surface area contributed by atoms with Gasteiger partial charge in [-0.3, -0.25) is 14.2 Å². The molecule has 0 fully saturated rings. The molecule has 0 amide bonds. The number of nitrogens with zero attached hydrogens (tertiary/aromatic N) is 3. The van der Waals surface area contributed by atoms with Gasteiger partial charge in [-0.1, -0.05) is 41.0 Å². The molecule has 0 aliphatic carbocycles. The van der Waals surface area contributed by atoms with E-state index in [2.05, 4.69) is 10.1 Å². The molecule has 7 nitrogen and oxygen atoms in total. The van der Waals surface area contributed by atoms with Gasteiger partial charge in [-0.2, -0.15) is 0 Å². The smallest absolute Gasteiger partial charge is 0.306 e. The molecular formula is C22H18ClN3O4. The largest absolute Gasteiger partial charge is 0.457 e. The van der Waals surface area contributed by atoms with Crippen LogP contribution in [0.3, 0.4) is 0 Å². The van der Waals surface area contributed by atoms with Crippen LogP contribution < -0.4 is 5.56 Å². The minimum absolute atomic E-state index is 0.0243. The number of hydrogen-bond donors (Lipinski definition) is 0. The van der Waals surface area contributed by atoms with Crippen molar-refractivity contribution in [3.05, 3.63) is 81.6 Å². The van der Waals surface area contributed by atoms with Crippen LogP contribution in [-0.4, -0.2) is 20.7 Å². The fourth-order valence-electron chi connectivity index (χ4n) is 3.06. The highest BCUT2D eigenvalue weighted by Crippen LogP contribution is 2.21. The second kappa shape index (κ2) is 8.51. The number of hydrogen-bond acceptors (Lipinski definition) is 6. The van der Waals surface area contributed by atoms with Crippen molar-refractivity contribution in [1.82, 2.24) is 14.7 Å². The third-order valence-corrected chi connectivity index (χ3v) is 4.95. The van der Waals surface area contributed by atoms with E-state index in [4.69, 9.17) is 20.9 Å². The molecule has 0 N–H and O–H groups in total. The molecule has 0 saturated carbocycles. The first kappa shape index (κ1) is 19.8. The molecule has 2 aromatic heterocycles. The molecule has 2 heterocycles. The van der Waals surface area contributed by atoms with Crippen molar-refractivity contribution < 1.29 is 14.1 Å². The van der Waals surface area contributed by atoms with Crippen LogP contribution in [0.25, 0.3) is 22.2 Å². The summed E-state index contributed by atoms with van der Waals surface area (Å²) in [6, 6.07) is 16.0. The number of halogens is 1. The molecular weight excluding hydrogens is 406 g/mol. The fourth-order valence-corrected chi connectivity index (χ4v) is 3.19. The average molecular weight is 424 g/mol. The standard InChI is InChI=1S/C22H18ClN3O4/c1-26-20(24-18-5-3-2-4-17(18)22(26)28)10-11-21(27)29-13-16-12-19(25-30-16)14-6-8-15(23)9-7-14/h2-9,12H,10-11,13H2,1H3. The van der Waals surface area contributed by atoms with Gasteiger partial charge in [-0.25, -0.2) is 4.98 Å². The molecule has 2 aromatic carbocycles. The molecule has 0 spiro atoms. The quantitative estimate of drug-likeness (QED) is 0.437. The van der Waals surface area contributed by atoms with Crippen molar-refractivity contribution >= 4 is 28.5 Å². The predicted molar refractivity (Wildman–Crippen MR) is 112 cm³/mol. The van der Waals surface area contributed by atoms with Gasteiger partial charge < -0.3 is 9.26 Å². The second-order valence-electron chi connectivity index (χ2n) is 6.76. The van der Waals surface area contributed by atoms with E-state index in [1.807, 2.05) is 18.2 Å². The second-order valence-corrected chi connectivity index (χ2v) is 7.19. The van der Waals surface area contributed by atoms with Crippen LogP contribution in [-0.2, 0) is 29.6 Å². The highest BCUT2D eigenvalue weighted by molar-refractivity contribution is 6.30. The summed E-state index contributed by atoms with van der Waals surface area (Å²) in [5.41, 5.74) is 1.96. The van der Waals surface area contributed by atoms with Gasteiger partial charge in [0.1, 0.15) is 11.5 Å². The summed E-state index contributed by atoms with van der Waals surface area (Å²) in [5.74, 6) is 0.548. The van der Waals surface area contributed by atoms with Crippen molar-refractivity contribution in [3.8, 4) is 11.3 Å². The molecule has 8 heteroatoms. The van der Waals surface area contributed by atoms with E-state index in [0.29, 0.717) is 39.6 Å². The Bertz CT molecular complexity index is 1260. The van der Waals surface area contributed by atoms with E-state index in [1.54, 1.807) is 43.4 Å². The number of para-hydroxylation sites is 1. The number of esters is 1. The van der Waals surface area contributed by atoms with E-state index < -0.39 is 5.97 Å². The Balaban J connectivity index is 1.36. The molecule has 0 saturated heterocycles. The molecule has 0 bridgehead atoms. The van der Waals surface area contributed by atoms with Crippen molar-refractivity contribution in [1.29, 1.82) is 0 Å². The topological polar surface area (TPSA) is 87.2 Å². The van der Waals surface area contributed by atoms with Crippen molar-refractivity contribution in [2.75, 3.05) is 0 Å². The normalized spacial score (nSPS) is 11.0. The van der Waals surface area contributed by atoms with E-state index in [1.165, 1.54) is 4.57 Å². The van der Waals surface area contributed by atoms with Gasteiger partial charge in [0, 0.05) is 30.1 Å². The third-order valence-electron chi connectivity index (χ3n) is 4.70. The third kappa shape index (κ3) is 4.26. The first-order chi connectivity index (χ1) is 14.5. The monoisotopic (exact) mass is 423 g/mol. The molecule has 0 atom stereocenters. The van der Waals surface area contributed by atoms with Gasteiger partial charge >= 0.3 is 5.97 Å². The summed E-state index contributed by atoms with van der Waals surface area (Å²) in [5, 5.41) is 5.16. The molecule has 0 radical (unpaired) electrons. The zero-order valence-corrected chi connectivity index (χ0v) is 16.9. The Kier molecular flexibility index (Phi) is 5.63. The van der Waals surface area contributed by atoms with Crippen LogP contribution >= 0.6 is 11.6 Å². The number of carbonyl (C=O) groups is 1. The lowest BCUT2D eigenvalue weighted by Crippen LogP contribution is -2.23. The van der Waals surface area contributed by atoms with Crippen molar-refractivity contribution in [2.45, 2.75) is 19.4 Å². The van der Waals surface area contributed by atoms with Crippen LogP contribution in [0.4, 0.5) is 0 Å². The number of carbonyl (C=O) groups excluding carboxylic acids is 1. The number of aryl methyl sites for hydroxylation is 1. The number of fused-ring (bicyclic) bond motifs is 1. The molecule has 0 aliphatic heterocycles. The first-order valence-corrected chi connectivity index (χ1v) is 9.71. The summed E-state index contributed by atoms with van der Waals surface area (Å²) in [4.78, 5) is 29.1. The minimum atomic E-state index is -0.415. The van der Waals surface area contributed by atoms with Gasteiger partial charge in [-0.05, 0) is 24.3 Å². The minimum Gasteiger partial charge on any atom is -0.457 e. The molecule has 152 valence electrons. The van der Waals surface area contributed by atoms with Crippen LogP contribution in [0, 0.1) is 0 Å². The predicted octanol–water partition coefficient (Wildman–Crippen LogP) is 3.92. The van der Waals surface area contributed by atoms with E-state index in [9.17, 15) is 9.59 Å². The average Bonchev–Trinajstić information content (AvgIpc) is 3.23. The summed E-state index contributed by atoms with van der Waals surface area (Å²) in [6.45, 7) is -0.0243. The molecule has 0 unspecified atom stereocenters. The maximum Gasteiger partial charge on any atom is 0.306 e. The Morgan fingerprint density at radius 2 is 1.93 bits per heavy atom. The van der Waals surface area contributed by atoms with Crippen LogP contribution in [0.5, 0.6) is 0 Å². The van der Waals surface area contributed by atoms with Gasteiger partial charge in [0.15, 0.2) is 12.4 Å². The lowest BCUT2D eigenvalue weighted by molar-refractivity contribution is -0.145. The number of ether oxygens (including phenoxy) is 1. The summed E-state index contributed by atoms with van der Waals surface area (Å²) in [7, 11) is 1.65. The van der Waals surface area contributed by atoms with Crippen molar-refractivity contribution in [2.24, 2.45) is 7.05 Å². The van der Waals surface area contributed by atoms with E-state index in [0.717, 1.165) is 5.56 Å². The van der Waals surface area contributed by atoms with E-state index >= 15 is 0 Å². The maximum absolute atomic E-state index is 12.4. The number of aromatic nitrogens is 3. The molecule has 4 rings (SSSR count). The van der Waals surface area contributed by atoms with Crippen LogP contribution in [0.2, 0.25) is 5.02 Å². The Labute approximate surface area is 176 Å². The van der Waals surface area contributed by atoms with Gasteiger partial charge in [0.05, 0.1) is 17.3 Å². The Hall–Kier alpha value is -3.45. The Morgan fingerprint density at radius 1 is 1.17 bits per heavy atom. The van der Waals surface area contributed by atoms with E-state index in [-0.39, 0.29) is 18.6 Å². The van der Waals surface area contributed by atoms with Gasteiger partial charge in [0.2, 0.25) is 0 Å². The molecule has 30 heavy (non-hydrogen) atoms. The maximum atomic E-state index is 12.4. The first-order valence-electron chi connectivity index (χ1n) is 9.33. The fraction of sp³-hybridized carbons (Fsp3) is 0.182. The van der Waals surface area contributed by atoms with Crippen LogP contribution in [0.1, 0.15) is 18.0 Å². The van der Waals surface area contributed by atoms with Crippen molar-refractivity contribution in [3.63, 3.8) is 0 Å². The summed E-state index contributed by atoms with van der Waals surface area (Å²) in [6.07, 6.45) is 0.388. The number of rotatable bonds is 6. The van der Waals surface area contributed by atoms with Gasteiger partial charge in [0.25, 0.3) is 5.56 Å². The molecule has 0 aliphatic rings. The summed E-state index contributed by atoms with van der Waals surface area (Å²) < 4.78 is 12.0. The highest BCUT2D eigenvalue weighted by atomic mass is 35.5. The molecule has 4 aromatic rings. The number of benzene rings is 2. The zero-order chi connectivity index (χ0) is 21.1.